The standard InChI is InChI=1S/C40H42N2O5S.C25H22F6N2O4/c1-3-42-34-13-10-29(38(45)33(12-15-37(44)48-4-2)41-47-36(43)19-25-8-6-5-7-9-25)20-31(34)32-21-30(11-14-35(32)42)39(46)40-22-26-16-27(23-40)18-28(17-26)24-40;1-3-21(34)37-32-18(6-5-11-24(26,27)28)22(35)14-7-9-19-16(12-14)17-13-15(23(36)25(29,30)31)8-10-20(17)33(19)4-2/h5-11,13-14,20-21,26-28H,3-4,12,15-19,22-24H2,1-2H3;7-10,12-13H,3-6,11H2,1-2H3. The summed E-state index contributed by atoms with van der Waals surface area (Å²) in [6.07, 6.45) is -4.59. The van der Waals surface area contributed by atoms with Gasteiger partial charge in [0, 0.05) is 110 Å². The Hall–Kier alpha value is -7.74. The summed E-state index contributed by atoms with van der Waals surface area (Å²) >= 11 is 1.19. The van der Waals surface area contributed by atoms with E-state index in [1.807, 2.05) is 61.5 Å². The van der Waals surface area contributed by atoms with Gasteiger partial charge in [0.05, 0.1) is 6.42 Å². The van der Waals surface area contributed by atoms with Crippen molar-refractivity contribution in [2.75, 3.05) is 5.75 Å². The van der Waals surface area contributed by atoms with Crippen LogP contribution < -0.4 is 0 Å². The Labute approximate surface area is 490 Å². The van der Waals surface area contributed by atoms with Crippen molar-refractivity contribution in [2.45, 2.75) is 137 Å². The largest absolute Gasteiger partial charge is 0.454 e. The summed E-state index contributed by atoms with van der Waals surface area (Å²) in [6.45, 7) is 8.43. The van der Waals surface area contributed by atoms with E-state index in [1.165, 1.54) is 56.1 Å². The molecule has 4 bridgehead atoms. The van der Waals surface area contributed by atoms with Crippen molar-refractivity contribution in [3.8, 4) is 0 Å². The van der Waals surface area contributed by atoms with E-state index >= 15 is 0 Å². The van der Waals surface area contributed by atoms with Crippen molar-refractivity contribution in [2.24, 2.45) is 33.5 Å². The van der Waals surface area contributed by atoms with Gasteiger partial charge in [-0.25, -0.2) is 9.59 Å². The molecule has 0 N–H and O–H groups in total. The summed E-state index contributed by atoms with van der Waals surface area (Å²) in [7, 11) is 0. The number of hydrogen-bond donors (Lipinski definition) is 0. The number of rotatable bonds is 21. The molecule has 0 unspecified atom stereocenters. The zero-order valence-corrected chi connectivity index (χ0v) is 48.3. The fraction of sp³-hybridized carbons (Fsp3) is 0.400. The Balaban J connectivity index is 0.000000211. The van der Waals surface area contributed by atoms with E-state index in [1.54, 1.807) is 23.6 Å². The molecule has 0 aliphatic heterocycles. The molecule has 13 nitrogen and oxygen atoms in total. The number of nitrogens with zero attached hydrogens (tertiary/aromatic N) is 4. The third-order valence-corrected chi connectivity index (χ3v) is 17.3. The molecule has 4 saturated carbocycles. The third kappa shape index (κ3) is 13.8. The summed E-state index contributed by atoms with van der Waals surface area (Å²) in [5.74, 6) is -1.61. The van der Waals surface area contributed by atoms with Crippen molar-refractivity contribution in [3.63, 3.8) is 0 Å². The molecule has 20 heteroatoms. The number of halogens is 6. The van der Waals surface area contributed by atoms with Crippen LogP contribution in [0.5, 0.6) is 0 Å². The van der Waals surface area contributed by atoms with Crippen LogP contribution in [0.4, 0.5) is 26.3 Å². The Bertz CT molecular complexity index is 3790. The van der Waals surface area contributed by atoms with Gasteiger partial charge in [0.1, 0.15) is 11.4 Å². The predicted molar refractivity (Wildman–Crippen MR) is 314 cm³/mol. The Morgan fingerprint density at radius 2 is 1.01 bits per heavy atom. The number of fused-ring (bicyclic) bond motifs is 6. The minimum Gasteiger partial charge on any atom is -0.341 e. The number of aromatic nitrogens is 2. The number of benzene rings is 5. The molecule has 4 aliphatic carbocycles. The summed E-state index contributed by atoms with van der Waals surface area (Å²) in [6, 6.07) is 28.7. The fourth-order valence-corrected chi connectivity index (χ4v) is 13.6. The second-order valence-corrected chi connectivity index (χ2v) is 23.5. The molecule has 0 radical (unpaired) electrons. The highest BCUT2D eigenvalue weighted by Gasteiger charge is 2.54. The summed E-state index contributed by atoms with van der Waals surface area (Å²) < 4.78 is 80.8. The van der Waals surface area contributed by atoms with Gasteiger partial charge >= 0.3 is 24.3 Å². The number of hydrogen-bond acceptors (Lipinski definition) is 12. The minimum absolute atomic E-state index is 0.0171. The van der Waals surface area contributed by atoms with Gasteiger partial charge in [-0.05, 0) is 167 Å². The summed E-state index contributed by atoms with van der Waals surface area (Å²) in [5.41, 5.74) is 3.81. The first-order valence-electron chi connectivity index (χ1n) is 28.7. The third-order valence-electron chi connectivity index (χ3n) is 16.5. The van der Waals surface area contributed by atoms with Crippen LogP contribution in [0.2, 0.25) is 0 Å². The molecule has 4 fully saturated rings. The number of carbonyl (C=O) groups excluding carboxylic acids is 7. The molecule has 0 saturated heterocycles. The van der Waals surface area contributed by atoms with Gasteiger partial charge in [-0.15, -0.1) is 0 Å². The van der Waals surface area contributed by atoms with E-state index in [-0.39, 0.29) is 58.7 Å². The molecule has 4 aliphatic rings. The van der Waals surface area contributed by atoms with Crippen molar-refractivity contribution in [1.29, 1.82) is 0 Å². The Morgan fingerprint density at radius 1 is 0.565 bits per heavy atom. The lowest BCUT2D eigenvalue weighted by Gasteiger charge is -2.56. The molecule has 446 valence electrons. The molecule has 5 aromatic carbocycles. The Morgan fingerprint density at radius 3 is 1.47 bits per heavy atom. The summed E-state index contributed by atoms with van der Waals surface area (Å²) in [5, 5.41) is 9.95. The number of thioether (sulfide) groups is 1. The highest BCUT2D eigenvalue weighted by atomic mass is 32.2. The van der Waals surface area contributed by atoms with Crippen LogP contribution >= 0.6 is 11.8 Å². The molecule has 0 spiro atoms. The van der Waals surface area contributed by atoms with Crippen molar-refractivity contribution in [3.05, 3.63) is 131 Å². The van der Waals surface area contributed by atoms with Crippen LogP contribution in [0.25, 0.3) is 43.6 Å². The number of Topliss-reactive ketones (excluding diaryl/α,β-unsaturated/α-hetero) is 4. The van der Waals surface area contributed by atoms with Gasteiger partial charge in [0.2, 0.25) is 11.6 Å². The lowest BCUT2D eigenvalue weighted by molar-refractivity contribution is -0.144. The molecule has 2 aromatic heterocycles. The molecule has 0 amide bonds. The SMILES string of the molecule is CCC(=O)ON=C(CCCC(F)(F)F)C(=O)c1ccc2c(c1)c1cc(C(=O)C(F)(F)F)ccc1n2CC.CCSC(=O)CCC(=NOC(=O)Cc1ccccc1)C(=O)c1ccc2c(c1)c1cc(C(=O)C34CC5CC(CC(C5)C3)C4)ccc1n2CC. The normalized spacial score (nSPS) is 18.6. The average molecular weight is 1190 g/mol. The Kier molecular flexibility index (Phi) is 18.8. The summed E-state index contributed by atoms with van der Waals surface area (Å²) in [4.78, 5) is 99.6. The highest BCUT2D eigenvalue weighted by Crippen LogP contribution is 2.61. The van der Waals surface area contributed by atoms with Crippen LogP contribution in [0.1, 0.15) is 152 Å². The van der Waals surface area contributed by atoms with Crippen LogP contribution in [0.15, 0.2) is 113 Å². The van der Waals surface area contributed by atoms with E-state index in [0.29, 0.717) is 52.0 Å². The van der Waals surface area contributed by atoms with Crippen molar-refractivity contribution in [1.82, 2.24) is 9.13 Å². The van der Waals surface area contributed by atoms with Crippen molar-refractivity contribution < 1.29 is 69.6 Å². The molecule has 11 rings (SSSR count). The first kappa shape index (κ1) is 61.8. The van der Waals surface area contributed by atoms with Gasteiger partial charge in [-0.1, -0.05) is 66.3 Å². The number of aryl methyl sites for hydroxylation is 2. The van der Waals surface area contributed by atoms with E-state index in [9.17, 15) is 59.9 Å². The molecular formula is C65H64F6N4O9S. The van der Waals surface area contributed by atoms with Crippen LogP contribution in [0, 0.1) is 23.2 Å². The average Bonchev–Trinajstić information content (AvgIpc) is 2.28. The zero-order chi connectivity index (χ0) is 61.0. The number of ketones is 4. The van der Waals surface area contributed by atoms with E-state index in [2.05, 4.69) is 32.7 Å². The first-order chi connectivity index (χ1) is 40.5. The molecule has 85 heavy (non-hydrogen) atoms. The molecule has 2 heterocycles. The number of oxime groups is 2. The number of alkyl halides is 6. The quantitative estimate of drug-likeness (QED) is 0.0222. The van der Waals surface area contributed by atoms with Gasteiger partial charge in [0.25, 0.3) is 5.78 Å². The molecule has 7 aromatic rings. The monoisotopic (exact) mass is 1190 g/mol. The van der Waals surface area contributed by atoms with Crippen LogP contribution in [-0.4, -0.2) is 78.8 Å². The molecular weight excluding hydrogens is 1130 g/mol. The molecule has 0 atom stereocenters. The predicted octanol–water partition coefficient (Wildman–Crippen LogP) is 15.4. The zero-order valence-electron chi connectivity index (χ0n) is 47.5. The van der Waals surface area contributed by atoms with E-state index in [4.69, 9.17) is 4.84 Å². The van der Waals surface area contributed by atoms with Gasteiger partial charge in [0.15, 0.2) is 10.9 Å². The maximum absolute atomic E-state index is 14.3. The lowest BCUT2D eigenvalue weighted by atomic mass is 9.48. The second kappa shape index (κ2) is 25.9. The van der Waals surface area contributed by atoms with Crippen LogP contribution in [-0.2, 0) is 43.6 Å². The van der Waals surface area contributed by atoms with Gasteiger partial charge in [-0.3, -0.25) is 24.0 Å². The topological polar surface area (TPSA) is 173 Å². The van der Waals surface area contributed by atoms with E-state index < -0.39 is 72.2 Å². The van der Waals surface area contributed by atoms with Crippen LogP contribution in [0.3, 0.4) is 0 Å². The highest BCUT2D eigenvalue weighted by molar-refractivity contribution is 8.13. The minimum atomic E-state index is -5.07. The fourth-order valence-electron chi connectivity index (χ4n) is 13.0. The number of carbonyl (C=O) groups is 7. The van der Waals surface area contributed by atoms with Crippen molar-refractivity contribution >= 4 is 107 Å². The maximum atomic E-state index is 14.3. The van der Waals surface area contributed by atoms with Gasteiger partial charge in [-0.2, -0.15) is 26.3 Å². The lowest BCUT2D eigenvalue weighted by Crippen LogP contribution is -2.50. The second-order valence-electron chi connectivity index (χ2n) is 22.2. The smallest absolute Gasteiger partial charge is 0.341 e. The maximum Gasteiger partial charge on any atom is 0.454 e. The first-order valence-corrected chi connectivity index (χ1v) is 29.7. The van der Waals surface area contributed by atoms with Gasteiger partial charge < -0.3 is 18.8 Å². The van der Waals surface area contributed by atoms with E-state index in [0.717, 1.165) is 70.9 Å².